The summed E-state index contributed by atoms with van der Waals surface area (Å²) in [6.45, 7) is 15.7. The lowest BCUT2D eigenvalue weighted by Gasteiger charge is -2.42. The molecule has 0 bridgehead atoms. The number of benzene rings is 1. The minimum absolute atomic E-state index is 0.618. The van der Waals surface area contributed by atoms with Crippen molar-refractivity contribution in [1.29, 1.82) is 0 Å². The molecule has 2 saturated heterocycles. The van der Waals surface area contributed by atoms with E-state index in [-0.39, 0.29) is 0 Å². The first-order valence-electron chi connectivity index (χ1n) is 13.5. The van der Waals surface area contributed by atoms with Crippen LogP contribution in [0, 0.1) is 5.41 Å². The topological polar surface area (TPSA) is 9.72 Å². The molecule has 31 heavy (non-hydrogen) atoms. The molecular formula is C28H47N3. The SMILES string of the molecule is CCCN1CCN(c2ccc(N3CCCCC3)cc2C2CCC(CC)(CC)CC2)CC1. The molecular weight excluding hydrogens is 378 g/mol. The Labute approximate surface area is 192 Å². The molecule has 3 aliphatic rings. The second-order valence-corrected chi connectivity index (χ2v) is 10.6. The fourth-order valence-corrected chi connectivity index (χ4v) is 6.53. The van der Waals surface area contributed by atoms with E-state index in [9.17, 15) is 0 Å². The number of piperidine rings is 1. The summed E-state index contributed by atoms with van der Waals surface area (Å²) in [6, 6.07) is 7.55. The van der Waals surface area contributed by atoms with E-state index in [0.717, 1.165) is 5.92 Å². The number of nitrogens with zero attached hydrogens (tertiary/aromatic N) is 3. The zero-order valence-electron chi connectivity index (χ0n) is 20.7. The first kappa shape index (κ1) is 23.0. The van der Waals surface area contributed by atoms with Crippen LogP contribution in [0.25, 0.3) is 0 Å². The number of hydrogen-bond acceptors (Lipinski definition) is 3. The van der Waals surface area contributed by atoms with Crippen molar-refractivity contribution >= 4 is 11.4 Å². The number of rotatable bonds is 7. The zero-order valence-corrected chi connectivity index (χ0v) is 20.7. The van der Waals surface area contributed by atoms with Gasteiger partial charge in [0.05, 0.1) is 0 Å². The van der Waals surface area contributed by atoms with Gasteiger partial charge in [0, 0.05) is 50.6 Å². The highest BCUT2D eigenvalue weighted by atomic mass is 15.3. The van der Waals surface area contributed by atoms with Crippen LogP contribution in [-0.4, -0.2) is 50.7 Å². The fraction of sp³-hybridized carbons (Fsp3) is 0.786. The van der Waals surface area contributed by atoms with Gasteiger partial charge >= 0.3 is 0 Å². The predicted molar refractivity (Wildman–Crippen MR) is 136 cm³/mol. The van der Waals surface area contributed by atoms with E-state index >= 15 is 0 Å². The molecule has 2 heterocycles. The summed E-state index contributed by atoms with van der Waals surface area (Å²) >= 11 is 0. The maximum Gasteiger partial charge on any atom is 0.0404 e. The third-order valence-electron chi connectivity index (χ3n) is 8.97. The molecule has 1 aliphatic carbocycles. The van der Waals surface area contributed by atoms with Gasteiger partial charge in [-0.05, 0) is 93.0 Å². The molecule has 3 nitrogen and oxygen atoms in total. The van der Waals surface area contributed by atoms with Gasteiger partial charge in [0.1, 0.15) is 0 Å². The summed E-state index contributed by atoms with van der Waals surface area (Å²) in [5, 5.41) is 0. The largest absolute Gasteiger partial charge is 0.372 e. The van der Waals surface area contributed by atoms with Crippen molar-refractivity contribution in [2.24, 2.45) is 5.41 Å². The molecule has 1 saturated carbocycles. The first-order valence-corrected chi connectivity index (χ1v) is 13.5. The lowest BCUT2D eigenvalue weighted by molar-refractivity contribution is 0.159. The Morgan fingerprint density at radius 3 is 2.10 bits per heavy atom. The van der Waals surface area contributed by atoms with E-state index in [1.165, 1.54) is 116 Å². The van der Waals surface area contributed by atoms with Gasteiger partial charge in [0.25, 0.3) is 0 Å². The van der Waals surface area contributed by atoms with E-state index in [4.69, 9.17) is 0 Å². The highest BCUT2D eigenvalue weighted by Gasteiger charge is 2.34. The highest BCUT2D eigenvalue weighted by Crippen LogP contribution is 2.49. The van der Waals surface area contributed by atoms with Gasteiger partial charge in [-0.25, -0.2) is 0 Å². The number of piperazine rings is 1. The minimum atomic E-state index is 0.618. The van der Waals surface area contributed by atoms with Crippen LogP contribution >= 0.6 is 0 Å². The van der Waals surface area contributed by atoms with Crippen LogP contribution in [0.15, 0.2) is 18.2 Å². The number of hydrogen-bond donors (Lipinski definition) is 0. The van der Waals surface area contributed by atoms with Gasteiger partial charge in [-0.1, -0.05) is 33.6 Å². The molecule has 3 heteroatoms. The smallest absolute Gasteiger partial charge is 0.0404 e. The van der Waals surface area contributed by atoms with Crippen molar-refractivity contribution in [2.45, 2.75) is 90.9 Å². The van der Waals surface area contributed by atoms with Gasteiger partial charge in [-0.15, -0.1) is 0 Å². The van der Waals surface area contributed by atoms with Crippen molar-refractivity contribution < 1.29 is 0 Å². The third kappa shape index (κ3) is 5.24. The van der Waals surface area contributed by atoms with Crippen molar-refractivity contribution in [2.75, 3.05) is 55.6 Å². The fourth-order valence-electron chi connectivity index (χ4n) is 6.53. The molecule has 0 radical (unpaired) electrons. The van der Waals surface area contributed by atoms with Crippen LogP contribution in [0.3, 0.4) is 0 Å². The molecule has 0 atom stereocenters. The molecule has 4 rings (SSSR count). The van der Waals surface area contributed by atoms with Crippen LogP contribution in [0.4, 0.5) is 11.4 Å². The van der Waals surface area contributed by atoms with E-state index in [0.29, 0.717) is 5.41 Å². The Bertz CT molecular complexity index is 671. The van der Waals surface area contributed by atoms with Crippen molar-refractivity contribution in [3.63, 3.8) is 0 Å². The zero-order chi connectivity index (χ0) is 21.7. The minimum Gasteiger partial charge on any atom is -0.372 e. The van der Waals surface area contributed by atoms with Crippen LogP contribution in [-0.2, 0) is 0 Å². The predicted octanol–water partition coefficient (Wildman–Crippen LogP) is 6.67. The van der Waals surface area contributed by atoms with E-state index in [1.807, 2.05) is 0 Å². The summed E-state index contributed by atoms with van der Waals surface area (Å²) in [5.41, 5.74) is 5.34. The van der Waals surface area contributed by atoms with Gasteiger partial charge in [0.15, 0.2) is 0 Å². The van der Waals surface area contributed by atoms with Gasteiger partial charge in [-0.3, -0.25) is 4.90 Å². The molecule has 0 unspecified atom stereocenters. The van der Waals surface area contributed by atoms with Crippen LogP contribution in [0.1, 0.15) is 96.5 Å². The molecule has 1 aromatic rings. The second kappa shape index (κ2) is 10.6. The molecule has 3 fully saturated rings. The lowest BCUT2D eigenvalue weighted by Crippen LogP contribution is -2.47. The first-order chi connectivity index (χ1) is 15.2. The summed E-state index contributed by atoms with van der Waals surface area (Å²) in [6.07, 6.45) is 13.7. The van der Waals surface area contributed by atoms with Crippen LogP contribution in [0.5, 0.6) is 0 Å². The van der Waals surface area contributed by atoms with Crippen LogP contribution in [0.2, 0.25) is 0 Å². The van der Waals surface area contributed by atoms with E-state index in [1.54, 1.807) is 11.3 Å². The third-order valence-corrected chi connectivity index (χ3v) is 8.97. The Morgan fingerprint density at radius 2 is 1.48 bits per heavy atom. The van der Waals surface area contributed by atoms with Crippen molar-refractivity contribution in [3.05, 3.63) is 23.8 Å². The number of anilines is 2. The quantitative estimate of drug-likeness (QED) is 0.483. The monoisotopic (exact) mass is 425 g/mol. The van der Waals surface area contributed by atoms with Gasteiger partial charge in [-0.2, -0.15) is 0 Å². The molecule has 2 aliphatic heterocycles. The Balaban J connectivity index is 1.56. The second-order valence-electron chi connectivity index (χ2n) is 10.6. The van der Waals surface area contributed by atoms with Crippen LogP contribution < -0.4 is 9.80 Å². The van der Waals surface area contributed by atoms with Gasteiger partial charge < -0.3 is 9.80 Å². The molecule has 0 N–H and O–H groups in total. The molecule has 0 spiro atoms. The maximum atomic E-state index is 2.71. The molecule has 1 aromatic carbocycles. The summed E-state index contributed by atoms with van der Waals surface area (Å²) in [4.78, 5) is 8.01. The average Bonchev–Trinajstić information content (AvgIpc) is 2.85. The summed E-state index contributed by atoms with van der Waals surface area (Å²) < 4.78 is 0. The normalized spacial score (nSPS) is 23.3. The van der Waals surface area contributed by atoms with E-state index < -0.39 is 0 Å². The summed E-state index contributed by atoms with van der Waals surface area (Å²) in [5.74, 6) is 0.750. The Morgan fingerprint density at radius 1 is 0.806 bits per heavy atom. The lowest BCUT2D eigenvalue weighted by atomic mass is 9.66. The van der Waals surface area contributed by atoms with Gasteiger partial charge in [0.2, 0.25) is 0 Å². The average molecular weight is 426 g/mol. The maximum absolute atomic E-state index is 2.71. The molecule has 174 valence electrons. The highest BCUT2D eigenvalue weighted by molar-refractivity contribution is 5.63. The van der Waals surface area contributed by atoms with E-state index in [2.05, 4.69) is 53.7 Å². The molecule has 0 amide bonds. The Hall–Kier alpha value is -1.22. The van der Waals surface area contributed by atoms with Crippen molar-refractivity contribution in [1.82, 2.24) is 4.90 Å². The standard InChI is InChI=1S/C28H47N3/c1-4-16-29-19-21-31(22-20-29)27-11-10-25(30-17-8-7-9-18-30)23-26(27)24-12-14-28(5-2,6-3)15-13-24/h10-11,23-24H,4-9,12-22H2,1-3H3. The molecule has 0 aromatic heterocycles. The van der Waals surface area contributed by atoms with Crippen molar-refractivity contribution in [3.8, 4) is 0 Å². The summed E-state index contributed by atoms with van der Waals surface area (Å²) in [7, 11) is 0. The Kier molecular flexibility index (Phi) is 7.85.